The van der Waals surface area contributed by atoms with Gasteiger partial charge in [0.15, 0.2) is 0 Å². The van der Waals surface area contributed by atoms with E-state index in [1.54, 1.807) is 61.6 Å². The second kappa shape index (κ2) is 10.2. The molecule has 8 nitrogen and oxygen atoms in total. The van der Waals surface area contributed by atoms with Crippen LogP contribution in [0.2, 0.25) is 0 Å². The summed E-state index contributed by atoms with van der Waals surface area (Å²) < 4.78 is 33.2. The quantitative estimate of drug-likeness (QED) is 0.519. The Kier molecular flexibility index (Phi) is 7.34. The SMILES string of the molecule is CCOc1ccc(S(=O)(=O)Nc2cccc(C(=O)Nc3ccc(N(C)C(C)=O)cc3)c2)cc1. The molecule has 0 heterocycles. The predicted octanol–water partition coefficient (Wildman–Crippen LogP) is 4.12. The third-order valence-corrected chi connectivity index (χ3v) is 6.20. The van der Waals surface area contributed by atoms with Crippen molar-refractivity contribution in [3.63, 3.8) is 0 Å². The molecule has 3 aromatic rings. The zero-order valence-corrected chi connectivity index (χ0v) is 19.3. The molecule has 0 fully saturated rings. The van der Waals surface area contributed by atoms with Gasteiger partial charge in [0.05, 0.1) is 11.5 Å². The molecule has 0 aromatic heterocycles. The summed E-state index contributed by atoms with van der Waals surface area (Å²) in [6.45, 7) is 3.79. The summed E-state index contributed by atoms with van der Waals surface area (Å²) in [5, 5.41) is 2.76. The van der Waals surface area contributed by atoms with Crippen molar-refractivity contribution in [1.29, 1.82) is 0 Å². The molecule has 0 aliphatic carbocycles. The Morgan fingerprint density at radius 1 is 0.939 bits per heavy atom. The maximum Gasteiger partial charge on any atom is 0.261 e. The Bertz CT molecular complexity index is 1240. The third kappa shape index (κ3) is 6.11. The number of anilines is 3. The monoisotopic (exact) mass is 467 g/mol. The number of ether oxygens (including phenoxy) is 1. The largest absolute Gasteiger partial charge is 0.494 e. The van der Waals surface area contributed by atoms with E-state index in [-0.39, 0.29) is 22.1 Å². The molecule has 3 aromatic carbocycles. The highest BCUT2D eigenvalue weighted by atomic mass is 32.2. The van der Waals surface area contributed by atoms with Crippen LogP contribution in [0.4, 0.5) is 17.1 Å². The maximum atomic E-state index is 12.7. The smallest absolute Gasteiger partial charge is 0.261 e. The Balaban J connectivity index is 1.71. The zero-order valence-electron chi connectivity index (χ0n) is 18.5. The van der Waals surface area contributed by atoms with Gasteiger partial charge in [0.2, 0.25) is 5.91 Å². The fourth-order valence-corrected chi connectivity index (χ4v) is 4.02. The lowest BCUT2D eigenvalue weighted by atomic mass is 10.2. The number of nitrogens with one attached hydrogen (secondary N) is 2. The normalized spacial score (nSPS) is 10.9. The summed E-state index contributed by atoms with van der Waals surface area (Å²) in [7, 11) is -2.17. The van der Waals surface area contributed by atoms with E-state index in [4.69, 9.17) is 4.74 Å². The molecule has 33 heavy (non-hydrogen) atoms. The number of carbonyl (C=O) groups is 2. The van der Waals surface area contributed by atoms with Crippen molar-refractivity contribution in [2.24, 2.45) is 0 Å². The summed E-state index contributed by atoms with van der Waals surface area (Å²) in [4.78, 5) is 25.7. The fraction of sp³-hybridized carbons (Fsp3) is 0.167. The molecule has 0 saturated heterocycles. The van der Waals surface area contributed by atoms with Crippen molar-refractivity contribution in [3.8, 4) is 5.75 Å². The van der Waals surface area contributed by atoms with Crippen LogP contribution in [0, 0.1) is 0 Å². The first kappa shape index (κ1) is 23.8. The van der Waals surface area contributed by atoms with Gasteiger partial charge in [-0.05, 0) is 73.7 Å². The fourth-order valence-electron chi connectivity index (χ4n) is 2.97. The van der Waals surface area contributed by atoms with E-state index >= 15 is 0 Å². The Morgan fingerprint density at radius 3 is 2.21 bits per heavy atom. The second-order valence-electron chi connectivity index (χ2n) is 7.17. The number of hydrogen-bond acceptors (Lipinski definition) is 5. The van der Waals surface area contributed by atoms with Crippen LogP contribution in [0.5, 0.6) is 5.75 Å². The minimum absolute atomic E-state index is 0.0800. The molecule has 0 unspecified atom stereocenters. The number of carbonyl (C=O) groups excluding carboxylic acids is 2. The number of benzene rings is 3. The minimum Gasteiger partial charge on any atom is -0.494 e. The van der Waals surface area contributed by atoms with E-state index < -0.39 is 15.9 Å². The van der Waals surface area contributed by atoms with Gasteiger partial charge < -0.3 is 15.0 Å². The standard InChI is InChI=1S/C24H25N3O5S/c1-4-32-22-12-14-23(15-13-22)33(30,31)26-20-7-5-6-18(16-20)24(29)25-19-8-10-21(11-9-19)27(3)17(2)28/h5-16,26H,4H2,1-3H3,(H,25,29). The lowest BCUT2D eigenvalue weighted by Crippen LogP contribution is -2.22. The van der Waals surface area contributed by atoms with Gasteiger partial charge in [-0.1, -0.05) is 6.07 Å². The van der Waals surface area contributed by atoms with Crippen LogP contribution in [0.3, 0.4) is 0 Å². The van der Waals surface area contributed by atoms with Crippen LogP contribution in [-0.4, -0.2) is 33.9 Å². The third-order valence-electron chi connectivity index (χ3n) is 4.81. The van der Waals surface area contributed by atoms with Gasteiger partial charge in [-0.25, -0.2) is 8.42 Å². The van der Waals surface area contributed by atoms with E-state index in [9.17, 15) is 18.0 Å². The van der Waals surface area contributed by atoms with Gasteiger partial charge in [0, 0.05) is 36.6 Å². The van der Waals surface area contributed by atoms with Crippen molar-refractivity contribution in [2.75, 3.05) is 28.6 Å². The Hall–Kier alpha value is -3.85. The van der Waals surface area contributed by atoms with E-state index in [1.807, 2.05) is 6.92 Å². The number of amides is 2. The second-order valence-corrected chi connectivity index (χ2v) is 8.85. The number of hydrogen-bond donors (Lipinski definition) is 2. The molecule has 3 rings (SSSR count). The van der Waals surface area contributed by atoms with E-state index in [2.05, 4.69) is 10.0 Å². The van der Waals surface area contributed by atoms with Crippen LogP contribution < -0.4 is 19.7 Å². The summed E-state index contributed by atoms with van der Waals surface area (Å²) in [6.07, 6.45) is 0. The summed E-state index contributed by atoms with van der Waals surface area (Å²) >= 11 is 0. The highest BCUT2D eigenvalue weighted by Gasteiger charge is 2.16. The molecule has 9 heteroatoms. The molecule has 2 N–H and O–H groups in total. The molecule has 0 bridgehead atoms. The molecular formula is C24H25N3O5S. The van der Waals surface area contributed by atoms with Gasteiger partial charge in [-0.15, -0.1) is 0 Å². The summed E-state index contributed by atoms with van der Waals surface area (Å²) in [5.41, 5.74) is 1.79. The van der Waals surface area contributed by atoms with Crippen molar-refractivity contribution in [2.45, 2.75) is 18.7 Å². The summed E-state index contributed by atoms with van der Waals surface area (Å²) in [6, 6.07) is 19.1. The molecule has 0 radical (unpaired) electrons. The lowest BCUT2D eigenvalue weighted by molar-refractivity contribution is -0.116. The van der Waals surface area contributed by atoms with Crippen LogP contribution in [0.15, 0.2) is 77.7 Å². The number of sulfonamides is 1. The number of rotatable bonds is 8. The molecule has 0 atom stereocenters. The first-order valence-electron chi connectivity index (χ1n) is 10.2. The van der Waals surface area contributed by atoms with Gasteiger partial charge in [-0.2, -0.15) is 0 Å². The summed E-state index contributed by atoms with van der Waals surface area (Å²) in [5.74, 6) is 0.0807. The number of nitrogens with zero attached hydrogens (tertiary/aromatic N) is 1. The van der Waals surface area contributed by atoms with E-state index in [0.29, 0.717) is 23.7 Å². The molecule has 0 saturated carbocycles. The first-order valence-corrected chi connectivity index (χ1v) is 11.7. The first-order chi connectivity index (χ1) is 15.7. The lowest BCUT2D eigenvalue weighted by Gasteiger charge is -2.15. The predicted molar refractivity (Wildman–Crippen MR) is 128 cm³/mol. The van der Waals surface area contributed by atoms with Crippen LogP contribution >= 0.6 is 0 Å². The molecule has 172 valence electrons. The average Bonchev–Trinajstić information content (AvgIpc) is 2.79. The van der Waals surface area contributed by atoms with Crippen LogP contribution in [-0.2, 0) is 14.8 Å². The van der Waals surface area contributed by atoms with Crippen LogP contribution in [0.25, 0.3) is 0 Å². The van der Waals surface area contributed by atoms with E-state index in [1.165, 1.54) is 30.0 Å². The van der Waals surface area contributed by atoms with E-state index in [0.717, 1.165) is 0 Å². The van der Waals surface area contributed by atoms with Gasteiger partial charge in [0.25, 0.3) is 15.9 Å². The molecule has 0 aliphatic rings. The van der Waals surface area contributed by atoms with Crippen molar-refractivity contribution >= 4 is 38.9 Å². The molecule has 0 spiro atoms. The van der Waals surface area contributed by atoms with Gasteiger partial charge in [-0.3, -0.25) is 14.3 Å². The topological polar surface area (TPSA) is 105 Å². The van der Waals surface area contributed by atoms with Gasteiger partial charge >= 0.3 is 0 Å². The highest BCUT2D eigenvalue weighted by molar-refractivity contribution is 7.92. The average molecular weight is 468 g/mol. The zero-order chi connectivity index (χ0) is 24.0. The highest BCUT2D eigenvalue weighted by Crippen LogP contribution is 2.21. The van der Waals surface area contributed by atoms with Crippen molar-refractivity contribution in [1.82, 2.24) is 0 Å². The molecular weight excluding hydrogens is 442 g/mol. The van der Waals surface area contributed by atoms with Crippen molar-refractivity contribution in [3.05, 3.63) is 78.4 Å². The van der Waals surface area contributed by atoms with Crippen molar-refractivity contribution < 1.29 is 22.7 Å². The molecule has 0 aliphatic heterocycles. The Labute approximate surface area is 193 Å². The minimum atomic E-state index is -3.84. The molecule has 2 amide bonds. The Morgan fingerprint density at radius 2 is 1.61 bits per heavy atom. The maximum absolute atomic E-state index is 12.7. The van der Waals surface area contributed by atoms with Gasteiger partial charge in [0.1, 0.15) is 5.75 Å². The van der Waals surface area contributed by atoms with Crippen LogP contribution in [0.1, 0.15) is 24.2 Å².